The third-order valence-electron chi connectivity index (χ3n) is 0. The molecule has 0 aliphatic heterocycles. The summed E-state index contributed by atoms with van der Waals surface area (Å²) in [6.45, 7) is 0. The van der Waals surface area contributed by atoms with Crippen molar-refractivity contribution in [3.63, 3.8) is 0 Å². The predicted molar refractivity (Wildman–Crippen MR) is 17.3 cm³/mol. The maximum absolute atomic E-state index is 0. The Balaban J connectivity index is 0. The summed E-state index contributed by atoms with van der Waals surface area (Å²) < 4.78 is 0. The van der Waals surface area contributed by atoms with Gasteiger partial charge in [-0.3, -0.25) is 0 Å². The van der Waals surface area contributed by atoms with Crippen molar-refractivity contribution in [3.05, 3.63) is 7.43 Å². The van der Waals surface area contributed by atoms with E-state index >= 15 is 0 Å². The summed E-state index contributed by atoms with van der Waals surface area (Å²) in [4.78, 5) is 0. The molecule has 36 valence electrons. The molecule has 0 unspecified atom stereocenters. The minimum absolute atomic E-state index is 0. The first-order valence-electron chi connectivity index (χ1n) is 0. The molecule has 0 aromatic heterocycles. The molecule has 0 atom stereocenters. The van der Waals surface area contributed by atoms with E-state index in [0.29, 0.717) is 0 Å². The molecular weight excluding hydrogens is 108 g/mol. The molecule has 0 aliphatic rings. The Kier molecular flexibility index (Phi) is 11200. The fraction of sp³-hybridized carbons (Fsp3) is 0. The topological polar surface area (TPSA) is 94.5 Å². The molecule has 0 spiro atoms. The molecule has 0 radical (unpaired) electrons. The maximum Gasteiger partial charge on any atom is 0 e. The number of hydrogen-bond acceptors (Lipinski definition) is 0. The van der Waals surface area contributed by atoms with E-state index < -0.39 is 0 Å². The van der Waals surface area contributed by atoms with Crippen LogP contribution in [0.3, 0.4) is 0 Å². The summed E-state index contributed by atoms with van der Waals surface area (Å²) in [6.07, 6.45) is 0. The molecule has 0 fully saturated rings. The number of hydrogen-bond donors (Lipinski definition) is 0. The third-order valence-corrected chi connectivity index (χ3v) is 0. The molecule has 4 heteroatoms. The van der Waals surface area contributed by atoms with Gasteiger partial charge in [0.15, 0.2) is 0 Å². The SMILES string of the molecule is O.O.O.[CH3-].[Ti]. The van der Waals surface area contributed by atoms with E-state index in [9.17, 15) is 0 Å². The first-order valence-corrected chi connectivity index (χ1v) is 0. The van der Waals surface area contributed by atoms with Gasteiger partial charge in [0.1, 0.15) is 0 Å². The van der Waals surface area contributed by atoms with Gasteiger partial charge >= 0.3 is 0 Å². The Labute approximate surface area is 46.2 Å². The van der Waals surface area contributed by atoms with Crippen LogP contribution < -0.4 is 0 Å². The van der Waals surface area contributed by atoms with Crippen LogP contribution in [-0.4, -0.2) is 16.4 Å². The van der Waals surface area contributed by atoms with Crippen molar-refractivity contribution in [1.29, 1.82) is 0 Å². The summed E-state index contributed by atoms with van der Waals surface area (Å²) in [5, 5.41) is 0. The molecule has 0 aromatic rings. The van der Waals surface area contributed by atoms with Crippen LogP contribution in [0.25, 0.3) is 0 Å². The van der Waals surface area contributed by atoms with Crippen LogP contribution in [-0.2, 0) is 21.7 Å². The van der Waals surface area contributed by atoms with Crippen LogP contribution in [0.4, 0.5) is 0 Å². The molecule has 6 N–H and O–H groups in total. The Bertz CT molecular complexity index is 6.85. The molecule has 0 saturated heterocycles. The monoisotopic (exact) mass is 117 g/mol. The largest absolute Gasteiger partial charge is 0.412 e. The van der Waals surface area contributed by atoms with Gasteiger partial charge in [-0.05, 0) is 0 Å². The zero-order chi connectivity index (χ0) is 0. The van der Waals surface area contributed by atoms with E-state index in [1.54, 1.807) is 0 Å². The Morgan fingerprint density at radius 2 is 0.600 bits per heavy atom. The van der Waals surface area contributed by atoms with Crippen LogP contribution in [0.5, 0.6) is 0 Å². The van der Waals surface area contributed by atoms with Gasteiger partial charge in [-0.1, -0.05) is 0 Å². The van der Waals surface area contributed by atoms with Gasteiger partial charge in [0.2, 0.25) is 0 Å². The van der Waals surface area contributed by atoms with Crippen molar-refractivity contribution in [2.75, 3.05) is 0 Å². The van der Waals surface area contributed by atoms with Gasteiger partial charge in [-0.2, -0.15) is 0 Å². The molecule has 0 rings (SSSR count). The second-order valence-corrected chi connectivity index (χ2v) is 0. The fourth-order valence-electron chi connectivity index (χ4n) is 0. The van der Waals surface area contributed by atoms with Crippen molar-refractivity contribution < 1.29 is 38.1 Å². The summed E-state index contributed by atoms with van der Waals surface area (Å²) in [6, 6.07) is 0. The normalized spacial score (nSPS) is 0. The molecule has 0 bridgehead atoms. The summed E-state index contributed by atoms with van der Waals surface area (Å²) >= 11 is 0. The quantitative estimate of drug-likeness (QED) is 0.258. The second kappa shape index (κ2) is 168. The van der Waals surface area contributed by atoms with Crippen molar-refractivity contribution in [2.24, 2.45) is 0 Å². The molecule has 0 amide bonds. The average molecular weight is 117 g/mol. The fourth-order valence-corrected chi connectivity index (χ4v) is 0. The van der Waals surface area contributed by atoms with E-state index in [1.807, 2.05) is 0 Å². The van der Waals surface area contributed by atoms with Gasteiger partial charge in [0.05, 0.1) is 0 Å². The first kappa shape index (κ1) is 334. The Morgan fingerprint density at radius 1 is 0.600 bits per heavy atom. The second-order valence-electron chi connectivity index (χ2n) is 0. The average Bonchev–Trinajstić information content (AvgIpc) is 0. The zero-order valence-electron chi connectivity index (χ0n) is 3.00. The van der Waals surface area contributed by atoms with Crippen LogP contribution in [0.2, 0.25) is 0 Å². The van der Waals surface area contributed by atoms with Crippen LogP contribution in [0.1, 0.15) is 0 Å². The summed E-state index contributed by atoms with van der Waals surface area (Å²) in [5.41, 5.74) is 0. The molecule has 5 heavy (non-hydrogen) atoms. The smallest absolute Gasteiger partial charge is 0 e. The van der Waals surface area contributed by atoms with E-state index in [4.69, 9.17) is 0 Å². The van der Waals surface area contributed by atoms with Crippen LogP contribution in [0.15, 0.2) is 0 Å². The van der Waals surface area contributed by atoms with Gasteiger partial charge < -0.3 is 23.9 Å². The van der Waals surface area contributed by atoms with Gasteiger partial charge in [0.25, 0.3) is 0 Å². The molecule has 3 nitrogen and oxygen atoms in total. The van der Waals surface area contributed by atoms with Crippen LogP contribution in [0, 0.1) is 7.43 Å². The van der Waals surface area contributed by atoms with Gasteiger partial charge in [0, 0.05) is 21.7 Å². The Morgan fingerprint density at radius 3 is 0.600 bits per heavy atom. The van der Waals surface area contributed by atoms with Crippen molar-refractivity contribution in [2.45, 2.75) is 0 Å². The van der Waals surface area contributed by atoms with E-state index in [1.165, 1.54) is 0 Å². The third kappa shape index (κ3) is 87.6. The summed E-state index contributed by atoms with van der Waals surface area (Å²) in [5.74, 6) is 0. The zero-order valence-corrected chi connectivity index (χ0v) is 4.56. The molecule has 0 heterocycles. The minimum Gasteiger partial charge on any atom is -0.412 e. The first-order chi connectivity index (χ1) is 0. The van der Waals surface area contributed by atoms with Crippen molar-refractivity contribution in [1.82, 2.24) is 0 Å². The summed E-state index contributed by atoms with van der Waals surface area (Å²) in [7, 11) is 0. The van der Waals surface area contributed by atoms with Gasteiger partial charge in [-0.15, -0.1) is 0 Å². The predicted octanol–water partition coefficient (Wildman–Crippen LogP) is -2.03. The van der Waals surface area contributed by atoms with E-state index in [0.717, 1.165) is 0 Å². The Hall–Kier alpha value is 0.594. The van der Waals surface area contributed by atoms with E-state index in [2.05, 4.69) is 0 Å². The van der Waals surface area contributed by atoms with Crippen LogP contribution >= 0.6 is 0 Å². The number of rotatable bonds is 0. The standard InChI is InChI=1S/CH3.3H2O.Ti/h1H3;3*1H2;/q-1;;;;. The molecular formula is CH9O3Ti-. The van der Waals surface area contributed by atoms with Crippen molar-refractivity contribution >= 4 is 0 Å². The molecule has 0 aliphatic carbocycles. The minimum atomic E-state index is 0. The van der Waals surface area contributed by atoms with Gasteiger partial charge in [-0.25, -0.2) is 0 Å². The van der Waals surface area contributed by atoms with Crippen molar-refractivity contribution in [3.8, 4) is 0 Å². The van der Waals surface area contributed by atoms with E-state index in [-0.39, 0.29) is 45.6 Å². The molecule has 0 saturated carbocycles. The molecule has 0 aromatic carbocycles. The maximum atomic E-state index is 0.